The number of hydrogen-bond donors (Lipinski definition) is 2. The standard InChI is InChI=1S/C27H41N5O3/c1-26(2,3)19-29-24-17-21(31-12-14-32(15-13-31)25(33)35-27(4,5)6)16-23(30-24)28-18-20-8-10-22(34-7)11-9-20/h8-11,16-17H,12-15,18-19H2,1-7H3,(H2,28,29,30). The molecular weight excluding hydrogens is 442 g/mol. The Morgan fingerprint density at radius 3 is 2.09 bits per heavy atom. The third-order valence-electron chi connectivity index (χ3n) is 5.54. The van der Waals surface area contributed by atoms with E-state index < -0.39 is 5.60 Å². The summed E-state index contributed by atoms with van der Waals surface area (Å²) in [6.07, 6.45) is -0.249. The Balaban J connectivity index is 1.71. The molecule has 0 aliphatic carbocycles. The van der Waals surface area contributed by atoms with Gasteiger partial charge in [-0.25, -0.2) is 9.78 Å². The molecule has 1 aliphatic heterocycles. The Morgan fingerprint density at radius 1 is 0.943 bits per heavy atom. The van der Waals surface area contributed by atoms with E-state index in [1.165, 1.54) is 0 Å². The molecule has 1 amide bonds. The van der Waals surface area contributed by atoms with Crippen LogP contribution in [0.5, 0.6) is 5.75 Å². The number of nitrogens with one attached hydrogen (secondary N) is 2. The highest BCUT2D eigenvalue weighted by Gasteiger charge is 2.26. The van der Waals surface area contributed by atoms with Crippen molar-refractivity contribution in [3.8, 4) is 5.75 Å². The number of ether oxygens (including phenoxy) is 2. The van der Waals surface area contributed by atoms with Crippen LogP contribution in [0.4, 0.5) is 22.1 Å². The van der Waals surface area contributed by atoms with E-state index in [-0.39, 0.29) is 11.5 Å². The van der Waals surface area contributed by atoms with Crippen molar-refractivity contribution in [2.75, 3.05) is 55.4 Å². The lowest BCUT2D eigenvalue weighted by Gasteiger charge is -2.37. The lowest BCUT2D eigenvalue weighted by Crippen LogP contribution is -2.50. The third-order valence-corrected chi connectivity index (χ3v) is 5.54. The maximum Gasteiger partial charge on any atom is 0.410 e. The highest BCUT2D eigenvalue weighted by atomic mass is 16.6. The lowest BCUT2D eigenvalue weighted by atomic mass is 9.97. The Kier molecular flexibility index (Phi) is 8.35. The van der Waals surface area contributed by atoms with Crippen molar-refractivity contribution in [1.29, 1.82) is 0 Å². The molecular formula is C27H41N5O3. The third kappa shape index (κ3) is 8.53. The zero-order valence-electron chi connectivity index (χ0n) is 22.3. The van der Waals surface area contributed by atoms with E-state index in [2.05, 4.69) is 48.4 Å². The van der Waals surface area contributed by atoms with Crippen molar-refractivity contribution in [2.45, 2.75) is 53.7 Å². The Bertz CT molecular complexity index is 972. The van der Waals surface area contributed by atoms with Gasteiger partial charge < -0.3 is 29.9 Å². The molecule has 0 atom stereocenters. The number of hydrogen-bond acceptors (Lipinski definition) is 7. The fraction of sp³-hybridized carbons (Fsp3) is 0.556. The summed E-state index contributed by atoms with van der Waals surface area (Å²) in [7, 11) is 1.67. The molecule has 0 unspecified atom stereocenters. The van der Waals surface area contributed by atoms with Crippen molar-refractivity contribution in [3.05, 3.63) is 42.0 Å². The first-order chi connectivity index (χ1) is 16.4. The molecule has 8 heteroatoms. The normalized spacial score (nSPS) is 14.5. The summed E-state index contributed by atoms with van der Waals surface area (Å²) < 4.78 is 10.8. The van der Waals surface area contributed by atoms with Gasteiger partial charge in [-0.05, 0) is 43.9 Å². The van der Waals surface area contributed by atoms with Gasteiger partial charge in [-0.15, -0.1) is 0 Å². The Morgan fingerprint density at radius 2 is 1.54 bits per heavy atom. The van der Waals surface area contributed by atoms with Gasteiger partial charge in [0.25, 0.3) is 0 Å². The van der Waals surface area contributed by atoms with Gasteiger partial charge in [-0.3, -0.25) is 0 Å². The van der Waals surface area contributed by atoms with Gasteiger partial charge in [0.2, 0.25) is 0 Å². The number of amides is 1. The number of carbonyl (C=O) groups excluding carboxylic acids is 1. The molecule has 1 aromatic carbocycles. The minimum atomic E-state index is -0.489. The largest absolute Gasteiger partial charge is 0.497 e. The van der Waals surface area contributed by atoms with Crippen LogP contribution in [0.1, 0.15) is 47.1 Å². The fourth-order valence-corrected chi connectivity index (χ4v) is 3.65. The molecule has 35 heavy (non-hydrogen) atoms. The number of methoxy groups -OCH3 is 1. The molecule has 192 valence electrons. The first kappa shape index (κ1) is 26.4. The predicted molar refractivity (Wildman–Crippen MR) is 143 cm³/mol. The molecule has 2 N–H and O–H groups in total. The molecule has 0 bridgehead atoms. The monoisotopic (exact) mass is 483 g/mol. The van der Waals surface area contributed by atoms with E-state index >= 15 is 0 Å². The summed E-state index contributed by atoms with van der Waals surface area (Å²) in [6.45, 7) is 16.5. The minimum Gasteiger partial charge on any atom is -0.497 e. The van der Waals surface area contributed by atoms with Crippen molar-refractivity contribution < 1.29 is 14.3 Å². The van der Waals surface area contributed by atoms with Crippen LogP contribution >= 0.6 is 0 Å². The SMILES string of the molecule is COc1ccc(CNc2cc(N3CCN(C(=O)OC(C)(C)C)CC3)cc(NCC(C)(C)C)n2)cc1. The summed E-state index contributed by atoms with van der Waals surface area (Å²) in [6, 6.07) is 12.2. The number of rotatable bonds is 7. The Labute approximate surface area is 210 Å². The lowest BCUT2D eigenvalue weighted by molar-refractivity contribution is 0.0240. The molecule has 1 aliphatic rings. The fourth-order valence-electron chi connectivity index (χ4n) is 3.65. The van der Waals surface area contributed by atoms with Gasteiger partial charge >= 0.3 is 6.09 Å². The van der Waals surface area contributed by atoms with Crippen LogP contribution in [0.2, 0.25) is 0 Å². The second-order valence-corrected chi connectivity index (χ2v) is 11.2. The van der Waals surface area contributed by atoms with E-state index in [9.17, 15) is 4.79 Å². The van der Waals surface area contributed by atoms with Crippen LogP contribution in [0, 0.1) is 5.41 Å². The molecule has 2 heterocycles. The maximum atomic E-state index is 12.5. The molecule has 0 radical (unpaired) electrons. The first-order valence-electron chi connectivity index (χ1n) is 12.3. The Hall–Kier alpha value is -3.16. The maximum absolute atomic E-state index is 12.5. The van der Waals surface area contributed by atoms with Crippen LogP contribution in [0.3, 0.4) is 0 Å². The number of anilines is 3. The van der Waals surface area contributed by atoms with E-state index in [1.807, 2.05) is 45.0 Å². The molecule has 1 aromatic heterocycles. The second kappa shape index (κ2) is 11.1. The predicted octanol–water partition coefficient (Wildman–Crippen LogP) is 5.22. The van der Waals surface area contributed by atoms with E-state index in [1.54, 1.807) is 12.0 Å². The van der Waals surface area contributed by atoms with Crippen LogP contribution in [0.25, 0.3) is 0 Å². The quantitative estimate of drug-likeness (QED) is 0.559. The number of benzene rings is 1. The summed E-state index contributed by atoms with van der Waals surface area (Å²) in [5.74, 6) is 2.49. The molecule has 1 fully saturated rings. The van der Waals surface area contributed by atoms with E-state index in [4.69, 9.17) is 14.5 Å². The van der Waals surface area contributed by atoms with E-state index in [0.717, 1.165) is 48.3 Å². The van der Waals surface area contributed by atoms with Gasteiger partial charge in [-0.1, -0.05) is 32.9 Å². The second-order valence-electron chi connectivity index (χ2n) is 11.2. The topological polar surface area (TPSA) is 79.0 Å². The van der Waals surface area contributed by atoms with Crippen LogP contribution in [0.15, 0.2) is 36.4 Å². The van der Waals surface area contributed by atoms with Crippen LogP contribution in [-0.2, 0) is 11.3 Å². The smallest absolute Gasteiger partial charge is 0.410 e. The molecule has 8 nitrogen and oxygen atoms in total. The summed E-state index contributed by atoms with van der Waals surface area (Å²) in [4.78, 5) is 21.3. The highest BCUT2D eigenvalue weighted by molar-refractivity contribution is 5.69. The highest BCUT2D eigenvalue weighted by Crippen LogP contribution is 2.26. The van der Waals surface area contributed by atoms with Gasteiger partial charge in [0.15, 0.2) is 0 Å². The van der Waals surface area contributed by atoms with Crippen molar-refractivity contribution in [2.24, 2.45) is 5.41 Å². The van der Waals surface area contributed by atoms with Crippen molar-refractivity contribution in [1.82, 2.24) is 9.88 Å². The van der Waals surface area contributed by atoms with Gasteiger partial charge in [0.1, 0.15) is 23.0 Å². The molecule has 0 spiro atoms. The molecule has 3 rings (SSSR count). The zero-order chi connectivity index (χ0) is 25.6. The number of aromatic nitrogens is 1. The molecule has 2 aromatic rings. The van der Waals surface area contributed by atoms with Gasteiger partial charge in [0, 0.05) is 57.1 Å². The number of pyridine rings is 1. The number of carbonyl (C=O) groups is 1. The average Bonchev–Trinajstić information content (AvgIpc) is 2.80. The average molecular weight is 484 g/mol. The van der Waals surface area contributed by atoms with Crippen molar-refractivity contribution in [3.63, 3.8) is 0 Å². The number of nitrogens with zero attached hydrogens (tertiary/aromatic N) is 3. The molecule has 1 saturated heterocycles. The van der Waals surface area contributed by atoms with Crippen LogP contribution < -0.4 is 20.3 Å². The number of piperazine rings is 1. The van der Waals surface area contributed by atoms with E-state index in [0.29, 0.717) is 19.6 Å². The van der Waals surface area contributed by atoms with Crippen LogP contribution in [-0.4, -0.2) is 61.4 Å². The minimum absolute atomic E-state index is 0.132. The first-order valence-corrected chi connectivity index (χ1v) is 12.3. The summed E-state index contributed by atoms with van der Waals surface area (Å²) in [5, 5.41) is 6.96. The zero-order valence-corrected chi connectivity index (χ0v) is 22.3. The van der Waals surface area contributed by atoms with Crippen molar-refractivity contribution >= 4 is 23.4 Å². The molecule has 0 saturated carbocycles. The van der Waals surface area contributed by atoms with Gasteiger partial charge in [-0.2, -0.15) is 0 Å². The van der Waals surface area contributed by atoms with Gasteiger partial charge in [0.05, 0.1) is 7.11 Å². The summed E-state index contributed by atoms with van der Waals surface area (Å²) in [5.41, 5.74) is 1.87. The summed E-state index contributed by atoms with van der Waals surface area (Å²) >= 11 is 0.